The summed E-state index contributed by atoms with van der Waals surface area (Å²) < 4.78 is 59.4. The van der Waals surface area contributed by atoms with Crippen LogP contribution in [0.3, 0.4) is 0 Å². The number of aryl methyl sites for hydroxylation is 1. The average Bonchev–Trinajstić information content (AvgIpc) is 3.29. The Morgan fingerprint density at radius 2 is 2.06 bits per heavy atom. The van der Waals surface area contributed by atoms with Gasteiger partial charge in [0.05, 0.1) is 20.3 Å². The summed E-state index contributed by atoms with van der Waals surface area (Å²) in [6.45, 7) is 4.05. The second-order valence-corrected chi connectivity index (χ2v) is 10.6. The molecule has 0 radical (unpaired) electrons. The molecule has 3 aliphatic rings. The van der Waals surface area contributed by atoms with E-state index in [2.05, 4.69) is 14.9 Å². The van der Waals surface area contributed by atoms with E-state index in [0.717, 1.165) is 27.8 Å². The lowest BCUT2D eigenvalue weighted by Gasteiger charge is -2.54. The summed E-state index contributed by atoms with van der Waals surface area (Å²) >= 11 is 0. The fourth-order valence-corrected chi connectivity index (χ4v) is 6.20. The molecule has 0 unspecified atom stereocenters. The molecular weight excluding hydrogens is 471 g/mol. The topological polar surface area (TPSA) is 59.6 Å². The van der Waals surface area contributed by atoms with Gasteiger partial charge in [-0.2, -0.15) is 0 Å². The van der Waals surface area contributed by atoms with Crippen LogP contribution in [0.2, 0.25) is 0 Å². The average molecular weight is 502 g/mol. The molecule has 3 fully saturated rings. The van der Waals surface area contributed by atoms with Crippen LogP contribution in [-0.4, -0.2) is 53.8 Å². The summed E-state index contributed by atoms with van der Waals surface area (Å²) in [6.07, 6.45) is 4.34. The van der Waals surface area contributed by atoms with Crippen LogP contribution in [0, 0.1) is 18.2 Å². The summed E-state index contributed by atoms with van der Waals surface area (Å²) in [6, 6.07) is 5.24. The van der Waals surface area contributed by atoms with Crippen LogP contribution in [0.15, 0.2) is 30.6 Å². The van der Waals surface area contributed by atoms with Gasteiger partial charge in [0.1, 0.15) is 11.9 Å². The van der Waals surface area contributed by atoms with Crippen molar-refractivity contribution in [3.63, 3.8) is 0 Å². The summed E-state index contributed by atoms with van der Waals surface area (Å²) in [5.41, 5.74) is 3.40. The van der Waals surface area contributed by atoms with Gasteiger partial charge in [0.15, 0.2) is 5.82 Å². The molecule has 2 aromatic heterocycles. The SMILES string of the molecule is COc1cc(C)c2[nH]ccc2c1CN1CCC2(C[C@@H]1c1cnc(OC3COC3)c(F)c1)CC(F)(F)C2. The number of H-pyrrole nitrogens is 1. The predicted molar refractivity (Wildman–Crippen MR) is 128 cm³/mol. The number of benzene rings is 1. The highest BCUT2D eigenvalue weighted by atomic mass is 19.3. The number of ether oxygens (including phenoxy) is 3. The minimum atomic E-state index is -2.61. The highest BCUT2D eigenvalue weighted by Crippen LogP contribution is 2.60. The van der Waals surface area contributed by atoms with Crippen molar-refractivity contribution in [3.8, 4) is 11.6 Å². The minimum Gasteiger partial charge on any atom is -0.496 e. The molecule has 1 spiro atoms. The van der Waals surface area contributed by atoms with E-state index in [1.54, 1.807) is 13.3 Å². The third-order valence-electron chi connectivity index (χ3n) is 8.06. The van der Waals surface area contributed by atoms with Crippen LogP contribution in [0.25, 0.3) is 10.9 Å². The molecule has 1 aliphatic carbocycles. The third kappa shape index (κ3) is 4.12. The first-order chi connectivity index (χ1) is 17.3. The Kier molecular flexibility index (Phi) is 5.68. The van der Waals surface area contributed by atoms with Gasteiger partial charge in [0.25, 0.3) is 5.88 Å². The number of nitrogens with zero attached hydrogens (tertiary/aromatic N) is 2. The molecule has 4 heterocycles. The molecule has 1 saturated carbocycles. The molecular formula is C27H30F3N3O3. The van der Waals surface area contributed by atoms with Gasteiger partial charge in [0, 0.05) is 54.3 Å². The number of methoxy groups -OCH3 is 1. The second-order valence-electron chi connectivity index (χ2n) is 10.6. The fraction of sp³-hybridized carbons (Fsp3) is 0.519. The molecule has 2 saturated heterocycles. The molecule has 3 aromatic rings. The van der Waals surface area contributed by atoms with Crippen LogP contribution in [0.4, 0.5) is 13.2 Å². The van der Waals surface area contributed by atoms with Crippen molar-refractivity contribution in [1.82, 2.24) is 14.9 Å². The van der Waals surface area contributed by atoms with Gasteiger partial charge in [-0.1, -0.05) is 0 Å². The van der Waals surface area contributed by atoms with E-state index in [1.165, 1.54) is 6.07 Å². The number of hydrogen-bond acceptors (Lipinski definition) is 5. The second kappa shape index (κ2) is 8.66. The molecule has 0 amide bonds. The Hall–Kier alpha value is -2.78. The zero-order valence-corrected chi connectivity index (χ0v) is 20.5. The third-order valence-corrected chi connectivity index (χ3v) is 8.06. The number of aromatic nitrogens is 2. The van der Waals surface area contributed by atoms with Crippen molar-refractivity contribution in [2.45, 2.75) is 57.2 Å². The van der Waals surface area contributed by atoms with Gasteiger partial charge in [-0.3, -0.25) is 4.90 Å². The molecule has 2 aliphatic heterocycles. The molecule has 1 atom stereocenters. The molecule has 6 nitrogen and oxygen atoms in total. The van der Waals surface area contributed by atoms with Crippen LogP contribution in [-0.2, 0) is 11.3 Å². The number of piperidine rings is 1. The summed E-state index contributed by atoms with van der Waals surface area (Å²) in [7, 11) is 1.65. The van der Waals surface area contributed by atoms with E-state index in [4.69, 9.17) is 14.2 Å². The van der Waals surface area contributed by atoms with Crippen LogP contribution in [0.1, 0.15) is 48.4 Å². The van der Waals surface area contributed by atoms with E-state index < -0.39 is 17.2 Å². The van der Waals surface area contributed by atoms with Crippen molar-refractivity contribution < 1.29 is 27.4 Å². The monoisotopic (exact) mass is 501 g/mol. The van der Waals surface area contributed by atoms with Crippen LogP contribution in [0.5, 0.6) is 11.6 Å². The maximum absolute atomic E-state index is 15.0. The number of nitrogens with one attached hydrogen (secondary N) is 1. The van der Waals surface area contributed by atoms with Crippen LogP contribution >= 0.6 is 0 Å². The maximum atomic E-state index is 15.0. The lowest BCUT2D eigenvalue weighted by molar-refractivity contribution is -0.186. The first-order valence-corrected chi connectivity index (χ1v) is 12.4. The summed E-state index contributed by atoms with van der Waals surface area (Å²) in [5.74, 6) is -2.42. The number of aromatic amines is 1. The Labute approximate surface area is 207 Å². The number of alkyl halides is 2. The molecule has 36 heavy (non-hydrogen) atoms. The van der Waals surface area contributed by atoms with Gasteiger partial charge < -0.3 is 19.2 Å². The van der Waals surface area contributed by atoms with Crippen molar-refractivity contribution in [2.24, 2.45) is 5.41 Å². The van der Waals surface area contributed by atoms with Crippen molar-refractivity contribution in [3.05, 3.63) is 53.1 Å². The zero-order valence-electron chi connectivity index (χ0n) is 20.5. The number of hydrogen-bond donors (Lipinski definition) is 1. The van der Waals surface area contributed by atoms with Crippen molar-refractivity contribution in [1.29, 1.82) is 0 Å². The number of fused-ring (bicyclic) bond motifs is 1. The van der Waals surface area contributed by atoms with Gasteiger partial charge in [-0.25, -0.2) is 18.2 Å². The molecule has 1 N–H and O–H groups in total. The van der Waals surface area contributed by atoms with E-state index >= 15 is 4.39 Å². The molecule has 192 valence electrons. The van der Waals surface area contributed by atoms with Crippen LogP contribution < -0.4 is 9.47 Å². The van der Waals surface area contributed by atoms with E-state index in [0.29, 0.717) is 44.7 Å². The van der Waals surface area contributed by atoms with Gasteiger partial charge in [-0.05, 0) is 61.1 Å². The predicted octanol–water partition coefficient (Wildman–Crippen LogP) is 5.55. The maximum Gasteiger partial charge on any atom is 0.250 e. The summed E-state index contributed by atoms with van der Waals surface area (Å²) in [5, 5.41) is 1.07. The quantitative estimate of drug-likeness (QED) is 0.480. The highest BCUT2D eigenvalue weighted by Gasteiger charge is 2.58. The van der Waals surface area contributed by atoms with Gasteiger partial charge in [0.2, 0.25) is 5.92 Å². The smallest absolute Gasteiger partial charge is 0.250 e. The standard InChI is InChI=1S/C27H30F3N3O3/c1-16-7-23(34-2)20(19-3-5-31-24(16)19)11-33-6-4-26(14-27(29,30)15-26)9-22(33)17-8-21(28)25(32-10-17)36-18-12-35-13-18/h3,5,7-8,10,18,22,31H,4,6,9,11-15H2,1-2H3/t22-/m1/s1. The highest BCUT2D eigenvalue weighted by molar-refractivity contribution is 5.88. The minimum absolute atomic E-state index is 0.0477. The van der Waals surface area contributed by atoms with E-state index in [9.17, 15) is 8.78 Å². The van der Waals surface area contributed by atoms with E-state index in [1.807, 2.05) is 25.3 Å². The first-order valence-electron chi connectivity index (χ1n) is 12.4. The molecule has 6 rings (SSSR count). The zero-order chi connectivity index (χ0) is 25.1. The normalized spacial score (nSPS) is 23.4. The number of likely N-dealkylation sites (tertiary alicyclic amines) is 1. The number of pyridine rings is 1. The Morgan fingerprint density at radius 1 is 1.25 bits per heavy atom. The lowest BCUT2D eigenvalue weighted by atomic mass is 9.59. The fourth-order valence-electron chi connectivity index (χ4n) is 6.20. The number of halogens is 3. The van der Waals surface area contributed by atoms with Gasteiger partial charge in [-0.15, -0.1) is 0 Å². The Bertz CT molecular complexity index is 1280. The molecule has 9 heteroatoms. The van der Waals surface area contributed by atoms with E-state index in [-0.39, 0.29) is 30.9 Å². The number of rotatable bonds is 6. The lowest BCUT2D eigenvalue weighted by Crippen LogP contribution is -2.53. The largest absolute Gasteiger partial charge is 0.496 e. The first kappa shape index (κ1) is 23.6. The Balaban J connectivity index is 1.33. The van der Waals surface area contributed by atoms with Gasteiger partial charge >= 0.3 is 0 Å². The van der Waals surface area contributed by atoms with Crippen molar-refractivity contribution in [2.75, 3.05) is 26.9 Å². The molecule has 0 bridgehead atoms. The Morgan fingerprint density at radius 3 is 2.72 bits per heavy atom. The van der Waals surface area contributed by atoms with Crippen molar-refractivity contribution >= 4 is 10.9 Å². The molecule has 1 aromatic carbocycles. The summed E-state index contributed by atoms with van der Waals surface area (Å²) in [4.78, 5) is 9.81.